The summed E-state index contributed by atoms with van der Waals surface area (Å²) in [7, 11) is -3.73. The third-order valence-corrected chi connectivity index (χ3v) is 6.54. The van der Waals surface area contributed by atoms with E-state index in [2.05, 4.69) is 5.10 Å². The van der Waals surface area contributed by atoms with E-state index in [0.29, 0.717) is 17.7 Å². The Kier molecular flexibility index (Phi) is 4.29. The Hall–Kier alpha value is -2.23. The standard InChI is InChI=1S/C17H19N3O5S/c1-2-19-9-13(8-18-19)16-10-20(5-6-24-16)26(22,23)14-4-3-12-11-25-17(21)15(12)7-14/h3-4,7-9,16H,2,5-6,10-11H2,1H3/t16-/m0/s1. The molecule has 1 fully saturated rings. The number of cyclic esters (lactones) is 1. The van der Waals surface area contributed by atoms with Crippen LogP contribution >= 0.6 is 0 Å². The molecule has 2 aromatic rings. The van der Waals surface area contributed by atoms with E-state index < -0.39 is 16.0 Å². The van der Waals surface area contributed by atoms with Gasteiger partial charge in [0.05, 0.1) is 29.4 Å². The summed E-state index contributed by atoms with van der Waals surface area (Å²) in [6, 6.07) is 4.56. The van der Waals surface area contributed by atoms with Crippen LogP contribution in [0.2, 0.25) is 0 Å². The maximum Gasteiger partial charge on any atom is 0.338 e. The number of sulfonamides is 1. The number of morpholine rings is 1. The number of aryl methyl sites for hydroxylation is 1. The topological polar surface area (TPSA) is 90.7 Å². The molecule has 8 nitrogen and oxygen atoms in total. The van der Waals surface area contributed by atoms with Gasteiger partial charge in [0, 0.05) is 37.0 Å². The van der Waals surface area contributed by atoms with Crippen molar-refractivity contribution in [3.05, 3.63) is 47.3 Å². The van der Waals surface area contributed by atoms with Gasteiger partial charge in [-0.1, -0.05) is 6.07 Å². The molecule has 138 valence electrons. The minimum Gasteiger partial charge on any atom is -0.457 e. The number of nitrogens with zero attached hydrogens (tertiary/aromatic N) is 3. The lowest BCUT2D eigenvalue weighted by Crippen LogP contribution is -2.42. The first-order chi connectivity index (χ1) is 12.5. The lowest BCUT2D eigenvalue weighted by molar-refractivity contribution is -0.00260. The number of esters is 1. The summed E-state index contributed by atoms with van der Waals surface area (Å²) in [4.78, 5) is 11.8. The summed E-state index contributed by atoms with van der Waals surface area (Å²) in [5.41, 5.74) is 1.88. The van der Waals surface area contributed by atoms with E-state index in [1.807, 2.05) is 13.1 Å². The quantitative estimate of drug-likeness (QED) is 0.747. The molecule has 1 atom stereocenters. The number of fused-ring (bicyclic) bond motifs is 1. The third-order valence-electron chi connectivity index (χ3n) is 4.68. The van der Waals surface area contributed by atoms with Crippen LogP contribution in [-0.2, 0) is 32.6 Å². The van der Waals surface area contributed by atoms with Crippen LogP contribution < -0.4 is 0 Å². The smallest absolute Gasteiger partial charge is 0.338 e. The zero-order chi connectivity index (χ0) is 18.3. The normalized spacial score (nSPS) is 20.8. The zero-order valence-electron chi connectivity index (χ0n) is 14.3. The average molecular weight is 377 g/mol. The van der Waals surface area contributed by atoms with Gasteiger partial charge in [0.1, 0.15) is 6.61 Å². The molecule has 0 spiro atoms. The Labute approximate surface area is 151 Å². The first-order valence-electron chi connectivity index (χ1n) is 8.43. The summed E-state index contributed by atoms with van der Waals surface area (Å²) in [6.07, 6.45) is 3.21. The van der Waals surface area contributed by atoms with Crippen molar-refractivity contribution in [3.63, 3.8) is 0 Å². The summed E-state index contributed by atoms with van der Waals surface area (Å²) >= 11 is 0. The van der Waals surface area contributed by atoms with Gasteiger partial charge in [-0.3, -0.25) is 4.68 Å². The molecule has 0 amide bonds. The molecule has 0 unspecified atom stereocenters. The molecule has 0 bridgehead atoms. The van der Waals surface area contributed by atoms with Crippen LogP contribution in [-0.4, -0.2) is 48.2 Å². The first kappa shape index (κ1) is 17.2. The molecular formula is C17H19N3O5S. The highest BCUT2D eigenvalue weighted by molar-refractivity contribution is 7.89. The van der Waals surface area contributed by atoms with Crippen molar-refractivity contribution >= 4 is 16.0 Å². The van der Waals surface area contributed by atoms with Gasteiger partial charge in [0.2, 0.25) is 10.0 Å². The number of carbonyl (C=O) groups excluding carboxylic acids is 1. The van der Waals surface area contributed by atoms with E-state index in [9.17, 15) is 13.2 Å². The molecule has 2 aliphatic heterocycles. The van der Waals surface area contributed by atoms with Crippen molar-refractivity contribution in [2.24, 2.45) is 0 Å². The predicted octanol–water partition coefficient (Wildman–Crippen LogP) is 1.34. The molecule has 0 radical (unpaired) electrons. The number of aromatic nitrogens is 2. The van der Waals surface area contributed by atoms with Gasteiger partial charge in [-0.2, -0.15) is 9.40 Å². The average Bonchev–Trinajstić information content (AvgIpc) is 3.29. The van der Waals surface area contributed by atoms with Crippen molar-refractivity contribution in [3.8, 4) is 0 Å². The molecular weight excluding hydrogens is 358 g/mol. The molecule has 4 rings (SSSR count). The lowest BCUT2D eigenvalue weighted by atomic mass is 10.1. The minimum absolute atomic E-state index is 0.0972. The highest BCUT2D eigenvalue weighted by atomic mass is 32.2. The fourth-order valence-electron chi connectivity index (χ4n) is 3.17. The zero-order valence-corrected chi connectivity index (χ0v) is 15.1. The van der Waals surface area contributed by atoms with Gasteiger partial charge in [-0.15, -0.1) is 0 Å². The fourth-order valence-corrected chi connectivity index (χ4v) is 4.62. The van der Waals surface area contributed by atoms with Gasteiger partial charge in [-0.25, -0.2) is 13.2 Å². The van der Waals surface area contributed by atoms with Gasteiger partial charge in [0.15, 0.2) is 0 Å². The molecule has 26 heavy (non-hydrogen) atoms. The van der Waals surface area contributed by atoms with Crippen LogP contribution in [0.1, 0.15) is 34.5 Å². The molecule has 3 heterocycles. The molecule has 0 N–H and O–H groups in total. The summed E-state index contributed by atoms with van der Waals surface area (Å²) in [6.45, 7) is 3.68. The summed E-state index contributed by atoms with van der Waals surface area (Å²) in [5, 5.41) is 4.22. The SMILES string of the molecule is CCn1cc([C@@H]2CN(S(=O)(=O)c3ccc4c(c3)C(=O)OC4)CCO2)cn1. The maximum absolute atomic E-state index is 13.0. The molecule has 2 aliphatic rings. The van der Waals surface area contributed by atoms with Crippen LogP contribution in [0.25, 0.3) is 0 Å². The number of hydrogen-bond donors (Lipinski definition) is 0. The van der Waals surface area contributed by atoms with Crippen molar-refractivity contribution < 1.29 is 22.7 Å². The van der Waals surface area contributed by atoms with Crippen LogP contribution in [0.3, 0.4) is 0 Å². The second-order valence-electron chi connectivity index (χ2n) is 6.25. The molecule has 1 saturated heterocycles. The highest BCUT2D eigenvalue weighted by Gasteiger charge is 2.33. The van der Waals surface area contributed by atoms with Crippen molar-refractivity contribution in [1.29, 1.82) is 0 Å². The summed E-state index contributed by atoms with van der Waals surface area (Å²) < 4.78 is 39.9. The summed E-state index contributed by atoms with van der Waals surface area (Å²) in [5.74, 6) is -0.483. The predicted molar refractivity (Wildman–Crippen MR) is 90.9 cm³/mol. The fraction of sp³-hybridized carbons (Fsp3) is 0.412. The number of hydrogen-bond acceptors (Lipinski definition) is 6. The Morgan fingerprint density at radius 3 is 2.96 bits per heavy atom. The number of benzene rings is 1. The number of rotatable bonds is 4. The van der Waals surface area contributed by atoms with E-state index in [0.717, 1.165) is 12.1 Å². The van der Waals surface area contributed by atoms with Crippen LogP contribution in [0.15, 0.2) is 35.5 Å². The third kappa shape index (κ3) is 2.91. The van der Waals surface area contributed by atoms with Gasteiger partial charge in [-0.05, 0) is 19.1 Å². The van der Waals surface area contributed by atoms with Crippen molar-refractivity contribution in [2.75, 3.05) is 19.7 Å². The van der Waals surface area contributed by atoms with E-state index >= 15 is 0 Å². The Morgan fingerprint density at radius 1 is 1.35 bits per heavy atom. The largest absolute Gasteiger partial charge is 0.457 e. The second kappa shape index (κ2) is 6.49. The van der Waals surface area contributed by atoms with Crippen LogP contribution in [0.4, 0.5) is 0 Å². The molecule has 0 saturated carbocycles. The van der Waals surface area contributed by atoms with Crippen LogP contribution in [0, 0.1) is 0 Å². The van der Waals surface area contributed by atoms with Crippen LogP contribution in [0.5, 0.6) is 0 Å². The highest BCUT2D eigenvalue weighted by Crippen LogP contribution is 2.29. The lowest BCUT2D eigenvalue weighted by Gasteiger charge is -2.31. The van der Waals surface area contributed by atoms with E-state index in [-0.39, 0.29) is 30.7 Å². The van der Waals surface area contributed by atoms with E-state index in [1.165, 1.54) is 16.4 Å². The number of carbonyl (C=O) groups is 1. The maximum atomic E-state index is 13.0. The minimum atomic E-state index is -3.73. The van der Waals surface area contributed by atoms with Gasteiger partial charge < -0.3 is 9.47 Å². The van der Waals surface area contributed by atoms with E-state index in [1.54, 1.807) is 16.9 Å². The Morgan fingerprint density at radius 2 is 2.19 bits per heavy atom. The van der Waals surface area contributed by atoms with Crippen molar-refractivity contribution in [2.45, 2.75) is 31.1 Å². The Bertz CT molecular complexity index is 953. The molecule has 9 heteroatoms. The molecule has 0 aliphatic carbocycles. The Balaban J connectivity index is 1.59. The molecule has 1 aromatic carbocycles. The molecule has 1 aromatic heterocycles. The van der Waals surface area contributed by atoms with Crippen molar-refractivity contribution in [1.82, 2.24) is 14.1 Å². The monoisotopic (exact) mass is 377 g/mol. The van der Waals surface area contributed by atoms with Gasteiger partial charge in [0.25, 0.3) is 0 Å². The number of ether oxygens (including phenoxy) is 2. The van der Waals surface area contributed by atoms with E-state index in [4.69, 9.17) is 9.47 Å². The first-order valence-corrected chi connectivity index (χ1v) is 9.87. The second-order valence-corrected chi connectivity index (χ2v) is 8.18. The van der Waals surface area contributed by atoms with Gasteiger partial charge >= 0.3 is 5.97 Å².